The highest BCUT2D eigenvalue weighted by molar-refractivity contribution is 5.13. The largest absolute Gasteiger partial charge is 0.393 e. The summed E-state index contributed by atoms with van der Waals surface area (Å²) in [5.41, 5.74) is -0.247. The molecule has 4 fully saturated rings. The second-order valence-electron chi connectivity index (χ2n) is 11.0. The predicted octanol–water partition coefficient (Wildman–Crippen LogP) is 3.75. The van der Waals surface area contributed by atoms with E-state index in [1.165, 1.54) is 19.3 Å². The van der Waals surface area contributed by atoms with Crippen molar-refractivity contribution in [2.24, 2.45) is 40.4 Å². The van der Waals surface area contributed by atoms with Crippen LogP contribution in [0.3, 0.4) is 0 Å². The fourth-order valence-electron chi connectivity index (χ4n) is 8.39. The summed E-state index contributed by atoms with van der Waals surface area (Å²) >= 11 is 0. The Balaban J connectivity index is 1.65. The van der Waals surface area contributed by atoms with Gasteiger partial charge in [-0.2, -0.15) is 0 Å². The smallest absolute Gasteiger partial charge is 0.0622 e. The van der Waals surface area contributed by atoms with Crippen LogP contribution in [0.1, 0.15) is 79.1 Å². The minimum Gasteiger partial charge on any atom is -0.393 e. The Kier molecular flexibility index (Phi) is 4.15. The van der Waals surface area contributed by atoms with Crippen LogP contribution in [-0.2, 0) is 0 Å². The highest BCUT2D eigenvalue weighted by atomic mass is 16.3. The van der Waals surface area contributed by atoms with Crippen molar-refractivity contribution in [1.82, 2.24) is 0 Å². The van der Waals surface area contributed by atoms with E-state index in [1.807, 2.05) is 13.8 Å². The van der Waals surface area contributed by atoms with Gasteiger partial charge in [0.2, 0.25) is 0 Å². The molecule has 3 nitrogen and oxygen atoms in total. The number of aliphatic hydroxyl groups excluding tert-OH is 2. The van der Waals surface area contributed by atoms with Crippen LogP contribution in [0.15, 0.2) is 0 Å². The number of aliphatic hydroxyl groups is 3. The molecular formula is C22H38O3. The van der Waals surface area contributed by atoms with Gasteiger partial charge in [-0.15, -0.1) is 0 Å². The molecule has 0 aromatic carbocycles. The molecule has 4 aliphatic carbocycles. The molecule has 0 bridgehead atoms. The molecule has 0 heterocycles. The van der Waals surface area contributed by atoms with Crippen LogP contribution in [0.2, 0.25) is 0 Å². The number of rotatable bonds is 1. The summed E-state index contributed by atoms with van der Waals surface area (Å²) in [6.45, 7) is 8.70. The van der Waals surface area contributed by atoms with Crippen LogP contribution in [0.4, 0.5) is 0 Å². The SMILES string of the molecule is CC(O)[C@H]1CC[C@H]2[C@@H]3CC[C@H]4C[C@@](C)(O)CC[C@]4(C)[C@H]3[C@@H](O)C[C@]12C. The average molecular weight is 351 g/mol. The summed E-state index contributed by atoms with van der Waals surface area (Å²) in [5, 5.41) is 32.2. The number of hydrogen-bond acceptors (Lipinski definition) is 3. The van der Waals surface area contributed by atoms with Gasteiger partial charge in [-0.25, -0.2) is 0 Å². The Hall–Kier alpha value is -0.120. The maximum atomic E-state index is 11.3. The molecule has 4 rings (SSSR count). The summed E-state index contributed by atoms with van der Waals surface area (Å²) in [7, 11) is 0. The second kappa shape index (κ2) is 5.69. The molecule has 0 aromatic heterocycles. The van der Waals surface area contributed by atoms with Gasteiger partial charge in [0.1, 0.15) is 0 Å². The molecule has 10 atom stereocenters. The number of fused-ring (bicyclic) bond motifs is 5. The van der Waals surface area contributed by atoms with Crippen molar-refractivity contribution in [3.8, 4) is 0 Å². The summed E-state index contributed by atoms with van der Waals surface area (Å²) < 4.78 is 0. The topological polar surface area (TPSA) is 60.7 Å². The van der Waals surface area contributed by atoms with Crippen LogP contribution >= 0.6 is 0 Å². The molecule has 4 aliphatic rings. The predicted molar refractivity (Wildman–Crippen MR) is 98.9 cm³/mol. The molecule has 0 radical (unpaired) electrons. The second-order valence-corrected chi connectivity index (χ2v) is 11.0. The van der Waals surface area contributed by atoms with E-state index in [2.05, 4.69) is 13.8 Å². The molecule has 1 unspecified atom stereocenters. The Bertz CT molecular complexity index is 529. The van der Waals surface area contributed by atoms with E-state index in [0.717, 1.165) is 32.1 Å². The third-order valence-corrected chi connectivity index (χ3v) is 9.54. The van der Waals surface area contributed by atoms with Crippen LogP contribution < -0.4 is 0 Å². The lowest BCUT2D eigenvalue weighted by Gasteiger charge is -2.63. The van der Waals surface area contributed by atoms with Crippen LogP contribution in [0.25, 0.3) is 0 Å². The van der Waals surface area contributed by atoms with E-state index in [-0.39, 0.29) is 23.0 Å². The summed E-state index contributed by atoms with van der Waals surface area (Å²) in [4.78, 5) is 0. The summed E-state index contributed by atoms with van der Waals surface area (Å²) in [6, 6.07) is 0. The highest BCUT2D eigenvalue weighted by Gasteiger charge is 2.63. The normalized spacial score (nSPS) is 59.6. The van der Waals surface area contributed by atoms with Crippen molar-refractivity contribution in [2.75, 3.05) is 0 Å². The Morgan fingerprint density at radius 2 is 1.64 bits per heavy atom. The molecule has 0 aliphatic heterocycles. The minimum atomic E-state index is -0.518. The number of hydrogen-bond donors (Lipinski definition) is 3. The molecular weight excluding hydrogens is 312 g/mol. The van der Waals surface area contributed by atoms with Gasteiger partial charge in [0.15, 0.2) is 0 Å². The van der Waals surface area contributed by atoms with Crippen LogP contribution in [0, 0.1) is 40.4 Å². The van der Waals surface area contributed by atoms with Crippen molar-refractivity contribution in [2.45, 2.75) is 96.9 Å². The zero-order chi connectivity index (χ0) is 18.2. The molecule has 0 spiro atoms. The summed E-state index contributed by atoms with van der Waals surface area (Å²) in [6.07, 6.45) is 7.89. The van der Waals surface area contributed by atoms with Gasteiger partial charge in [0, 0.05) is 0 Å². The lowest BCUT2D eigenvalue weighted by Crippen LogP contribution is -2.60. The standard InChI is InChI=1S/C22H38O3/c1-13(23)16-7-8-17-15-6-5-14-11-20(2,25)9-10-21(14,3)19(15)18(24)12-22(16,17)4/h13-19,23-25H,5-12H2,1-4H3/t13?,14-,15-,16+,17-,18-,19+,20-,21-,22+/m0/s1. The molecule has 0 amide bonds. The quantitative estimate of drug-likeness (QED) is 0.675. The van der Waals surface area contributed by atoms with Gasteiger partial charge in [-0.05, 0) is 106 Å². The van der Waals surface area contributed by atoms with Gasteiger partial charge >= 0.3 is 0 Å². The molecule has 3 heteroatoms. The monoisotopic (exact) mass is 350 g/mol. The van der Waals surface area contributed by atoms with Crippen molar-refractivity contribution < 1.29 is 15.3 Å². The van der Waals surface area contributed by atoms with E-state index in [4.69, 9.17) is 0 Å². The Labute approximate surface area is 153 Å². The van der Waals surface area contributed by atoms with Crippen molar-refractivity contribution in [3.05, 3.63) is 0 Å². The third kappa shape index (κ3) is 2.56. The van der Waals surface area contributed by atoms with Gasteiger partial charge < -0.3 is 15.3 Å². The molecule has 3 N–H and O–H groups in total. The van der Waals surface area contributed by atoms with Gasteiger partial charge in [-0.1, -0.05) is 13.8 Å². The first-order valence-corrected chi connectivity index (χ1v) is 10.7. The molecule has 0 aromatic rings. The fraction of sp³-hybridized carbons (Fsp3) is 1.00. The molecule has 25 heavy (non-hydrogen) atoms. The average Bonchev–Trinajstić information content (AvgIpc) is 2.84. The zero-order valence-electron chi connectivity index (χ0n) is 16.5. The minimum absolute atomic E-state index is 0.0953. The van der Waals surface area contributed by atoms with Crippen LogP contribution in [0.5, 0.6) is 0 Å². The van der Waals surface area contributed by atoms with Gasteiger partial charge in [0.05, 0.1) is 17.8 Å². The highest BCUT2D eigenvalue weighted by Crippen LogP contribution is 2.68. The molecule has 4 saturated carbocycles. The Morgan fingerprint density at radius 3 is 2.32 bits per heavy atom. The molecule has 144 valence electrons. The maximum Gasteiger partial charge on any atom is 0.0622 e. The lowest BCUT2D eigenvalue weighted by atomic mass is 9.43. The zero-order valence-corrected chi connectivity index (χ0v) is 16.5. The van der Waals surface area contributed by atoms with E-state index in [1.54, 1.807) is 0 Å². The molecule has 0 saturated heterocycles. The first kappa shape index (κ1) is 18.3. The summed E-state index contributed by atoms with van der Waals surface area (Å²) in [5.74, 6) is 2.52. The lowest BCUT2D eigenvalue weighted by molar-refractivity contribution is -0.191. The van der Waals surface area contributed by atoms with Crippen molar-refractivity contribution in [1.29, 1.82) is 0 Å². The third-order valence-electron chi connectivity index (χ3n) is 9.54. The fourth-order valence-corrected chi connectivity index (χ4v) is 8.39. The van der Waals surface area contributed by atoms with Crippen molar-refractivity contribution in [3.63, 3.8) is 0 Å². The van der Waals surface area contributed by atoms with Crippen molar-refractivity contribution >= 4 is 0 Å². The van der Waals surface area contributed by atoms with E-state index in [9.17, 15) is 15.3 Å². The van der Waals surface area contributed by atoms with E-state index in [0.29, 0.717) is 29.6 Å². The van der Waals surface area contributed by atoms with Gasteiger partial charge in [0.25, 0.3) is 0 Å². The maximum absolute atomic E-state index is 11.3. The van der Waals surface area contributed by atoms with E-state index >= 15 is 0 Å². The first-order chi connectivity index (χ1) is 11.6. The Morgan fingerprint density at radius 1 is 0.920 bits per heavy atom. The van der Waals surface area contributed by atoms with Gasteiger partial charge in [-0.3, -0.25) is 0 Å². The van der Waals surface area contributed by atoms with E-state index < -0.39 is 5.60 Å². The first-order valence-electron chi connectivity index (χ1n) is 10.7. The van der Waals surface area contributed by atoms with Crippen LogP contribution in [-0.4, -0.2) is 33.1 Å².